The molecule has 1 aliphatic heterocycles. The Morgan fingerprint density at radius 3 is 3.05 bits per heavy atom. The van der Waals surface area contributed by atoms with Gasteiger partial charge in [0, 0.05) is 24.3 Å². The zero-order chi connectivity index (χ0) is 14.9. The molecule has 2 unspecified atom stereocenters. The van der Waals surface area contributed by atoms with E-state index in [1.54, 1.807) is 0 Å². The maximum absolute atomic E-state index is 9.58. The lowest BCUT2D eigenvalue weighted by Crippen LogP contribution is -2.48. The fraction of sp³-hybridized carbons (Fsp3) is 0.667. The second-order valence-corrected chi connectivity index (χ2v) is 6.99. The summed E-state index contributed by atoms with van der Waals surface area (Å²) in [4.78, 5) is 2.52. The smallest absolute Gasteiger partial charge is 0.0613 e. The van der Waals surface area contributed by atoms with E-state index < -0.39 is 0 Å². The Balaban J connectivity index is 1.67. The summed E-state index contributed by atoms with van der Waals surface area (Å²) < 4.78 is 0. The molecule has 0 bridgehead atoms. The number of aliphatic hydroxyl groups is 1. The van der Waals surface area contributed by atoms with E-state index in [-0.39, 0.29) is 12.1 Å². The first-order valence-corrected chi connectivity index (χ1v) is 8.36. The van der Waals surface area contributed by atoms with Gasteiger partial charge in [0.1, 0.15) is 0 Å². The standard InChI is InChI=1S/C18H28N2O/c1-14-6-7-17-15(12-14)4-3-10-20(17)11-8-16-5-2-9-18(16,19)13-21/h6-7,12,16,21H,2-5,8-11,13,19H2,1H3. The van der Waals surface area contributed by atoms with E-state index in [0.29, 0.717) is 5.92 Å². The number of nitrogens with zero attached hydrogens (tertiary/aromatic N) is 1. The van der Waals surface area contributed by atoms with Crippen LogP contribution in [0.25, 0.3) is 0 Å². The van der Waals surface area contributed by atoms with Crippen LogP contribution in [0.5, 0.6) is 0 Å². The highest BCUT2D eigenvalue weighted by Crippen LogP contribution is 2.37. The van der Waals surface area contributed by atoms with Gasteiger partial charge in [-0.3, -0.25) is 0 Å². The summed E-state index contributed by atoms with van der Waals surface area (Å²) in [6.45, 7) is 4.52. The minimum Gasteiger partial charge on any atom is -0.394 e. The molecular formula is C18H28N2O. The fourth-order valence-electron chi connectivity index (χ4n) is 4.16. The number of benzene rings is 1. The molecule has 1 aromatic rings. The highest BCUT2D eigenvalue weighted by molar-refractivity contribution is 5.56. The Labute approximate surface area is 128 Å². The molecular weight excluding hydrogens is 260 g/mol. The molecule has 21 heavy (non-hydrogen) atoms. The molecule has 2 atom stereocenters. The van der Waals surface area contributed by atoms with Gasteiger partial charge in [0.25, 0.3) is 0 Å². The summed E-state index contributed by atoms with van der Waals surface area (Å²) in [7, 11) is 0. The van der Waals surface area contributed by atoms with Crippen LogP contribution in [-0.2, 0) is 6.42 Å². The van der Waals surface area contributed by atoms with Gasteiger partial charge >= 0.3 is 0 Å². The highest BCUT2D eigenvalue weighted by Gasteiger charge is 2.38. The molecule has 116 valence electrons. The fourth-order valence-corrected chi connectivity index (χ4v) is 4.16. The van der Waals surface area contributed by atoms with Crippen LogP contribution in [0.3, 0.4) is 0 Å². The predicted octanol–water partition coefficient (Wildman–Crippen LogP) is 2.63. The highest BCUT2D eigenvalue weighted by atomic mass is 16.3. The third kappa shape index (κ3) is 2.95. The number of aryl methyl sites for hydroxylation is 2. The maximum Gasteiger partial charge on any atom is 0.0613 e. The maximum atomic E-state index is 9.58. The number of rotatable bonds is 4. The first-order chi connectivity index (χ1) is 10.1. The van der Waals surface area contributed by atoms with Gasteiger partial charge in [-0.25, -0.2) is 0 Å². The third-order valence-electron chi connectivity index (χ3n) is 5.50. The van der Waals surface area contributed by atoms with Crippen molar-refractivity contribution in [1.82, 2.24) is 0 Å². The zero-order valence-corrected chi connectivity index (χ0v) is 13.1. The second-order valence-electron chi connectivity index (χ2n) is 6.99. The summed E-state index contributed by atoms with van der Waals surface area (Å²) in [5.41, 5.74) is 10.3. The quantitative estimate of drug-likeness (QED) is 0.895. The van der Waals surface area contributed by atoms with Crippen molar-refractivity contribution in [3.05, 3.63) is 29.3 Å². The minimum atomic E-state index is -0.327. The van der Waals surface area contributed by atoms with Crippen LogP contribution in [0.15, 0.2) is 18.2 Å². The van der Waals surface area contributed by atoms with Crippen LogP contribution in [0.4, 0.5) is 5.69 Å². The molecule has 1 fully saturated rings. The average molecular weight is 288 g/mol. The molecule has 3 N–H and O–H groups in total. The summed E-state index contributed by atoms with van der Waals surface area (Å²) in [5.74, 6) is 0.471. The van der Waals surface area contributed by atoms with Crippen LogP contribution >= 0.6 is 0 Å². The van der Waals surface area contributed by atoms with E-state index in [4.69, 9.17) is 5.73 Å². The van der Waals surface area contributed by atoms with E-state index >= 15 is 0 Å². The van der Waals surface area contributed by atoms with Gasteiger partial charge in [-0.1, -0.05) is 24.1 Å². The van der Waals surface area contributed by atoms with E-state index in [1.165, 1.54) is 36.1 Å². The van der Waals surface area contributed by atoms with Crippen molar-refractivity contribution in [3.63, 3.8) is 0 Å². The lowest BCUT2D eigenvalue weighted by molar-refractivity contribution is 0.156. The number of hydrogen-bond acceptors (Lipinski definition) is 3. The van der Waals surface area contributed by atoms with Crippen LogP contribution in [0, 0.1) is 12.8 Å². The molecule has 1 aliphatic carbocycles. The zero-order valence-electron chi connectivity index (χ0n) is 13.1. The average Bonchev–Trinajstić information content (AvgIpc) is 2.86. The Morgan fingerprint density at radius 2 is 2.24 bits per heavy atom. The monoisotopic (exact) mass is 288 g/mol. The third-order valence-corrected chi connectivity index (χ3v) is 5.50. The number of aliphatic hydroxyl groups excluding tert-OH is 1. The Bertz CT molecular complexity index is 502. The number of anilines is 1. The number of nitrogens with two attached hydrogens (primary N) is 1. The van der Waals surface area contributed by atoms with Crippen molar-refractivity contribution in [3.8, 4) is 0 Å². The molecule has 2 aliphatic rings. The first kappa shape index (κ1) is 14.9. The molecule has 3 nitrogen and oxygen atoms in total. The van der Waals surface area contributed by atoms with E-state index in [2.05, 4.69) is 30.0 Å². The van der Waals surface area contributed by atoms with Gasteiger partial charge in [-0.05, 0) is 56.6 Å². The number of hydrogen-bond donors (Lipinski definition) is 2. The van der Waals surface area contributed by atoms with Gasteiger partial charge in [-0.15, -0.1) is 0 Å². The summed E-state index contributed by atoms with van der Waals surface area (Å²) in [5, 5.41) is 9.58. The molecule has 3 rings (SSSR count). The van der Waals surface area contributed by atoms with Gasteiger partial charge in [0.2, 0.25) is 0 Å². The summed E-state index contributed by atoms with van der Waals surface area (Å²) >= 11 is 0. The first-order valence-electron chi connectivity index (χ1n) is 8.36. The molecule has 0 amide bonds. The van der Waals surface area contributed by atoms with Crippen LogP contribution < -0.4 is 10.6 Å². The Morgan fingerprint density at radius 1 is 1.38 bits per heavy atom. The van der Waals surface area contributed by atoms with Crippen molar-refractivity contribution < 1.29 is 5.11 Å². The Kier molecular flexibility index (Phi) is 4.23. The predicted molar refractivity (Wildman–Crippen MR) is 87.7 cm³/mol. The molecule has 0 saturated heterocycles. The van der Waals surface area contributed by atoms with Crippen LogP contribution in [0.1, 0.15) is 43.2 Å². The topological polar surface area (TPSA) is 49.5 Å². The SMILES string of the molecule is Cc1ccc2c(c1)CCCN2CCC1CCCC1(N)CO. The minimum absolute atomic E-state index is 0.132. The molecule has 0 radical (unpaired) electrons. The lowest BCUT2D eigenvalue weighted by Gasteiger charge is -2.35. The van der Waals surface area contributed by atoms with E-state index in [1.807, 2.05) is 0 Å². The molecule has 1 heterocycles. The van der Waals surface area contributed by atoms with Crippen LogP contribution in [0.2, 0.25) is 0 Å². The molecule has 1 saturated carbocycles. The summed E-state index contributed by atoms with van der Waals surface area (Å²) in [6, 6.07) is 6.83. The van der Waals surface area contributed by atoms with Gasteiger partial charge in [0.05, 0.1) is 6.61 Å². The molecule has 3 heteroatoms. The molecule has 1 aromatic carbocycles. The summed E-state index contributed by atoms with van der Waals surface area (Å²) in [6.07, 6.45) is 6.86. The van der Waals surface area contributed by atoms with E-state index in [0.717, 1.165) is 32.4 Å². The van der Waals surface area contributed by atoms with Crippen molar-refractivity contribution >= 4 is 5.69 Å². The largest absolute Gasteiger partial charge is 0.394 e. The van der Waals surface area contributed by atoms with Crippen molar-refractivity contribution in [2.24, 2.45) is 11.7 Å². The van der Waals surface area contributed by atoms with Crippen LogP contribution in [-0.4, -0.2) is 30.3 Å². The van der Waals surface area contributed by atoms with Crippen molar-refractivity contribution in [2.45, 2.75) is 51.0 Å². The molecule has 0 spiro atoms. The van der Waals surface area contributed by atoms with Gasteiger partial charge in [0.15, 0.2) is 0 Å². The van der Waals surface area contributed by atoms with Crippen molar-refractivity contribution in [1.29, 1.82) is 0 Å². The lowest BCUT2D eigenvalue weighted by atomic mass is 9.86. The van der Waals surface area contributed by atoms with Gasteiger partial charge < -0.3 is 15.7 Å². The normalized spacial score (nSPS) is 28.7. The second kappa shape index (κ2) is 5.98. The molecule has 0 aromatic heterocycles. The van der Waals surface area contributed by atoms with Crippen molar-refractivity contribution in [2.75, 3.05) is 24.6 Å². The van der Waals surface area contributed by atoms with E-state index in [9.17, 15) is 5.11 Å². The Hall–Kier alpha value is -1.06. The number of fused-ring (bicyclic) bond motifs is 1. The van der Waals surface area contributed by atoms with Gasteiger partial charge in [-0.2, -0.15) is 0 Å².